The summed E-state index contributed by atoms with van der Waals surface area (Å²) in [6, 6.07) is 6.49. The van der Waals surface area contributed by atoms with Gasteiger partial charge in [0, 0.05) is 23.2 Å². The van der Waals surface area contributed by atoms with Gasteiger partial charge in [0.1, 0.15) is 5.82 Å². The van der Waals surface area contributed by atoms with E-state index in [9.17, 15) is 4.39 Å². The van der Waals surface area contributed by atoms with E-state index in [1.54, 1.807) is 12.1 Å². The minimum Gasteiger partial charge on any atom is -0.494 e. The van der Waals surface area contributed by atoms with Crippen LogP contribution in [0, 0.1) is 5.82 Å². The van der Waals surface area contributed by atoms with Crippen molar-refractivity contribution in [2.24, 2.45) is 5.84 Å². The number of benzene rings is 1. The van der Waals surface area contributed by atoms with E-state index in [-0.39, 0.29) is 5.75 Å². The first-order valence-electron chi connectivity index (χ1n) is 6.41. The van der Waals surface area contributed by atoms with Gasteiger partial charge in [0.25, 0.3) is 0 Å². The summed E-state index contributed by atoms with van der Waals surface area (Å²) in [4.78, 5) is 8.77. The first-order valence-corrected chi connectivity index (χ1v) is 6.41. The molecule has 5 nitrogen and oxygen atoms in total. The zero-order valence-electron chi connectivity index (χ0n) is 11.1. The molecule has 0 atom stereocenters. The summed E-state index contributed by atoms with van der Waals surface area (Å²) in [5.41, 5.74) is 4.07. The maximum absolute atomic E-state index is 13.8. The number of hydrogen-bond donors (Lipinski definition) is 2. The van der Waals surface area contributed by atoms with Gasteiger partial charge in [0.15, 0.2) is 17.4 Å². The van der Waals surface area contributed by atoms with Crippen molar-refractivity contribution in [3.05, 3.63) is 35.8 Å². The van der Waals surface area contributed by atoms with Crippen molar-refractivity contribution in [1.29, 1.82) is 0 Å². The Labute approximate surface area is 116 Å². The van der Waals surface area contributed by atoms with Crippen LogP contribution in [0.25, 0.3) is 11.4 Å². The summed E-state index contributed by atoms with van der Waals surface area (Å²) >= 11 is 0. The largest absolute Gasteiger partial charge is 0.494 e. The van der Waals surface area contributed by atoms with Crippen LogP contribution in [-0.2, 0) is 0 Å². The number of nitrogen functional groups attached to an aromatic ring is 1. The average Bonchev–Trinajstić information content (AvgIpc) is 3.31. The summed E-state index contributed by atoms with van der Waals surface area (Å²) in [5.74, 6) is 6.65. The van der Waals surface area contributed by atoms with E-state index in [1.165, 1.54) is 13.2 Å². The SMILES string of the molecule is COc1ccc(-c2nc(NN)cc(C3CC3)n2)cc1F. The fourth-order valence-corrected chi connectivity index (χ4v) is 2.06. The Morgan fingerprint density at radius 3 is 2.70 bits per heavy atom. The molecule has 1 aromatic heterocycles. The standard InChI is InChI=1S/C14H15FN4O/c1-20-12-5-4-9(6-10(12)15)14-17-11(8-2-3-8)7-13(18-14)19-16/h4-8H,2-3,16H2,1H3,(H,17,18,19). The molecule has 2 aromatic rings. The fraction of sp³-hybridized carbons (Fsp3) is 0.286. The highest BCUT2D eigenvalue weighted by molar-refractivity contribution is 5.59. The van der Waals surface area contributed by atoms with Crippen LogP contribution in [0.1, 0.15) is 24.5 Å². The summed E-state index contributed by atoms with van der Waals surface area (Å²) in [6.07, 6.45) is 2.24. The van der Waals surface area contributed by atoms with Gasteiger partial charge in [0.2, 0.25) is 0 Å². The molecule has 6 heteroatoms. The summed E-state index contributed by atoms with van der Waals surface area (Å²) in [7, 11) is 1.43. The van der Waals surface area contributed by atoms with E-state index in [2.05, 4.69) is 15.4 Å². The smallest absolute Gasteiger partial charge is 0.165 e. The molecule has 0 unspecified atom stereocenters. The molecule has 1 aromatic carbocycles. The topological polar surface area (TPSA) is 73.1 Å². The van der Waals surface area contributed by atoms with Crippen LogP contribution in [0.5, 0.6) is 5.75 Å². The molecule has 104 valence electrons. The number of nitrogens with one attached hydrogen (secondary N) is 1. The number of nitrogens with zero attached hydrogens (tertiary/aromatic N) is 2. The Bertz CT molecular complexity index is 643. The predicted octanol–water partition coefficient (Wildman–Crippen LogP) is 2.45. The molecule has 3 N–H and O–H groups in total. The lowest BCUT2D eigenvalue weighted by Gasteiger charge is -2.08. The molecule has 1 saturated carbocycles. The van der Waals surface area contributed by atoms with Gasteiger partial charge in [0.05, 0.1) is 7.11 Å². The van der Waals surface area contributed by atoms with Gasteiger partial charge in [-0.1, -0.05) is 0 Å². The molecule has 0 saturated heterocycles. The quantitative estimate of drug-likeness (QED) is 0.662. The lowest BCUT2D eigenvalue weighted by molar-refractivity contribution is 0.386. The maximum Gasteiger partial charge on any atom is 0.165 e. The first-order chi connectivity index (χ1) is 9.71. The minimum absolute atomic E-state index is 0.198. The predicted molar refractivity (Wildman–Crippen MR) is 73.8 cm³/mol. The number of hydrazine groups is 1. The Kier molecular flexibility index (Phi) is 3.23. The summed E-state index contributed by atoms with van der Waals surface area (Å²) < 4.78 is 18.7. The molecular weight excluding hydrogens is 259 g/mol. The van der Waals surface area contributed by atoms with Gasteiger partial charge in [-0.2, -0.15) is 0 Å². The van der Waals surface area contributed by atoms with Crippen molar-refractivity contribution < 1.29 is 9.13 Å². The highest BCUT2D eigenvalue weighted by Gasteiger charge is 2.26. The molecule has 1 aliphatic carbocycles. The molecule has 0 bridgehead atoms. The molecule has 1 aliphatic rings. The maximum atomic E-state index is 13.8. The molecule has 0 spiro atoms. The zero-order valence-corrected chi connectivity index (χ0v) is 11.1. The second-order valence-electron chi connectivity index (χ2n) is 4.77. The number of rotatable bonds is 4. The molecule has 0 aliphatic heterocycles. The first kappa shape index (κ1) is 12.8. The highest BCUT2D eigenvalue weighted by atomic mass is 19.1. The Hall–Kier alpha value is -2.21. The molecule has 3 rings (SSSR count). The molecule has 20 heavy (non-hydrogen) atoms. The van der Waals surface area contributed by atoms with Crippen molar-refractivity contribution in [2.45, 2.75) is 18.8 Å². The summed E-state index contributed by atoms with van der Waals surface area (Å²) in [6.45, 7) is 0. The van der Waals surface area contributed by atoms with Crippen LogP contribution < -0.4 is 16.0 Å². The van der Waals surface area contributed by atoms with Crippen molar-refractivity contribution in [3.8, 4) is 17.1 Å². The Morgan fingerprint density at radius 2 is 2.10 bits per heavy atom. The second-order valence-corrected chi connectivity index (χ2v) is 4.77. The number of halogens is 1. The van der Waals surface area contributed by atoms with Crippen LogP contribution in [-0.4, -0.2) is 17.1 Å². The van der Waals surface area contributed by atoms with Gasteiger partial charge in [-0.05, 0) is 31.0 Å². The van der Waals surface area contributed by atoms with E-state index < -0.39 is 5.82 Å². The molecular formula is C14H15FN4O. The van der Waals surface area contributed by atoms with E-state index in [1.807, 2.05) is 6.07 Å². The highest BCUT2D eigenvalue weighted by Crippen LogP contribution is 2.40. The number of anilines is 1. The molecule has 1 fully saturated rings. The Morgan fingerprint density at radius 1 is 1.30 bits per heavy atom. The third kappa shape index (κ3) is 2.42. The third-order valence-corrected chi connectivity index (χ3v) is 3.30. The molecule has 0 amide bonds. The Balaban J connectivity index is 2.04. The fourth-order valence-electron chi connectivity index (χ4n) is 2.06. The zero-order chi connectivity index (χ0) is 14.1. The third-order valence-electron chi connectivity index (χ3n) is 3.30. The number of methoxy groups -OCH3 is 1. The average molecular weight is 274 g/mol. The van der Waals surface area contributed by atoms with Crippen LogP contribution >= 0.6 is 0 Å². The monoisotopic (exact) mass is 274 g/mol. The van der Waals surface area contributed by atoms with Gasteiger partial charge in [-0.25, -0.2) is 20.2 Å². The van der Waals surface area contributed by atoms with E-state index in [0.717, 1.165) is 18.5 Å². The number of ether oxygens (including phenoxy) is 1. The number of aromatic nitrogens is 2. The van der Waals surface area contributed by atoms with Crippen LogP contribution in [0.4, 0.5) is 10.2 Å². The van der Waals surface area contributed by atoms with Crippen LogP contribution in [0.3, 0.4) is 0 Å². The van der Waals surface area contributed by atoms with Gasteiger partial charge >= 0.3 is 0 Å². The van der Waals surface area contributed by atoms with E-state index >= 15 is 0 Å². The lowest BCUT2D eigenvalue weighted by atomic mass is 10.2. The summed E-state index contributed by atoms with van der Waals surface area (Å²) in [5, 5.41) is 0. The normalized spacial score (nSPS) is 14.2. The minimum atomic E-state index is -0.437. The van der Waals surface area contributed by atoms with Crippen LogP contribution in [0.2, 0.25) is 0 Å². The van der Waals surface area contributed by atoms with Gasteiger partial charge in [-0.15, -0.1) is 0 Å². The van der Waals surface area contributed by atoms with Crippen LogP contribution in [0.15, 0.2) is 24.3 Å². The van der Waals surface area contributed by atoms with Crippen molar-refractivity contribution in [1.82, 2.24) is 9.97 Å². The molecule has 0 radical (unpaired) electrons. The number of hydrogen-bond acceptors (Lipinski definition) is 5. The van der Waals surface area contributed by atoms with Crippen molar-refractivity contribution >= 4 is 5.82 Å². The van der Waals surface area contributed by atoms with Crippen molar-refractivity contribution in [2.75, 3.05) is 12.5 Å². The van der Waals surface area contributed by atoms with Gasteiger partial charge in [-0.3, -0.25) is 0 Å². The van der Waals surface area contributed by atoms with Crippen molar-refractivity contribution in [3.63, 3.8) is 0 Å². The second kappa shape index (κ2) is 5.05. The number of nitrogens with two attached hydrogens (primary N) is 1. The molecule has 1 heterocycles. The van der Waals surface area contributed by atoms with E-state index in [4.69, 9.17) is 10.6 Å². The van der Waals surface area contributed by atoms with E-state index in [0.29, 0.717) is 23.1 Å². The lowest BCUT2D eigenvalue weighted by Crippen LogP contribution is -2.10. The van der Waals surface area contributed by atoms with Gasteiger partial charge < -0.3 is 10.2 Å².